The number of carbonyl (C=O) groups excluding carboxylic acids is 1. The summed E-state index contributed by atoms with van der Waals surface area (Å²) < 4.78 is 13.2. The Morgan fingerprint density at radius 2 is 2.21 bits per heavy atom. The van der Waals surface area contributed by atoms with Gasteiger partial charge in [-0.05, 0) is 44.6 Å². The van der Waals surface area contributed by atoms with Crippen LogP contribution in [0.4, 0.5) is 4.39 Å². The molecule has 1 amide bonds. The number of halogens is 1. The van der Waals surface area contributed by atoms with Crippen LogP contribution in [0, 0.1) is 5.82 Å². The Hall–Kier alpha value is -1.42. The maximum Gasteiger partial charge on any atom is 0.254 e. The van der Waals surface area contributed by atoms with Gasteiger partial charge in [-0.25, -0.2) is 4.39 Å². The zero-order valence-corrected chi connectivity index (χ0v) is 11.6. The van der Waals surface area contributed by atoms with E-state index in [0.29, 0.717) is 5.56 Å². The summed E-state index contributed by atoms with van der Waals surface area (Å²) in [7, 11) is 0. The summed E-state index contributed by atoms with van der Waals surface area (Å²) in [6.45, 7) is 7.85. The van der Waals surface area contributed by atoms with Gasteiger partial charge in [-0.1, -0.05) is 13.0 Å². The summed E-state index contributed by atoms with van der Waals surface area (Å²) in [5.74, 6) is -0.423. The van der Waals surface area contributed by atoms with E-state index in [1.807, 2.05) is 4.90 Å². The first-order chi connectivity index (χ1) is 9.11. The fraction of sp³-hybridized carbons (Fsp3) is 0.533. The molecule has 0 N–H and O–H groups in total. The molecule has 0 saturated carbocycles. The summed E-state index contributed by atoms with van der Waals surface area (Å²) in [5, 5.41) is 0. The van der Waals surface area contributed by atoms with Gasteiger partial charge in [0, 0.05) is 24.7 Å². The second kappa shape index (κ2) is 6.15. The summed E-state index contributed by atoms with van der Waals surface area (Å²) in [6, 6.07) is 6.11. The number of carbonyl (C=O) groups is 1. The minimum atomic E-state index is -0.358. The maximum atomic E-state index is 13.2. The van der Waals surface area contributed by atoms with Gasteiger partial charge in [-0.3, -0.25) is 4.79 Å². The van der Waals surface area contributed by atoms with Gasteiger partial charge in [-0.2, -0.15) is 0 Å². The minimum absolute atomic E-state index is 0.0649. The number of rotatable bonds is 2. The van der Waals surface area contributed by atoms with Gasteiger partial charge >= 0.3 is 0 Å². The molecule has 0 aromatic heterocycles. The topological polar surface area (TPSA) is 23.6 Å². The first kappa shape index (κ1) is 14.0. The van der Waals surface area contributed by atoms with Crippen LogP contribution in [0.2, 0.25) is 0 Å². The molecule has 1 atom stereocenters. The van der Waals surface area contributed by atoms with Gasteiger partial charge in [0.1, 0.15) is 5.82 Å². The molecule has 2 rings (SSSR count). The minimum Gasteiger partial charge on any atom is -0.335 e. The summed E-state index contributed by atoms with van der Waals surface area (Å²) >= 11 is 0. The summed E-state index contributed by atoms with van der Waals surface area (Å²) in [6.07, 6.45) is 0.971. The van der Waals surface area contributed by atoms with Crippen molar-refractivity contribution in [2.45, 2.75) is 26.3 Å². The van der Waals surface area contributed by atoms with E-state index in [2.05, 4.69) is 18.7 Å². The summed E-state index contributed by atoms with van der Waals surface area (Å²) in [5.41, 5.74) is 0.441. The van der Waals surface area contributed by atoms with Crippen molar-refractivity contribution < 1.29 is 9.18 Å². The SMILES string of the molecule is CCN1CCCN(C(=O)c2cccc(F)c2)C(C)C1. The van der Waals surface area contributed by atoms with Crippen LogP contribution in [0.3, 0.4) is 0 Å². The Kier molecular flexibility index (Phi) is 4.53. The van der Waals surface area contributed by atoms with Gasteiger partial charge in [0.15, 0.2) is 0 Å². The molecule has 0 radical (unpaired) electrons. The van der Waals surface area contributed by atoms with Gasteiger partial charge in [0.2, 0.25) is 0 Å². The molecule has 0 aliphatic carbocycles. The van der Waals surface area contributed by atoms with E-state index in [4.69, 9.17) is 0 Å². The lowest BCUT2D eigenvalue weighted by Crippen LogP contribution is -2.42. The Bertz CT molecular complexity index is 450. The molecule has 1 aliphatic heterocycles. The van der Waals surface area contributed by atoms with Crippen LogP contribution >= 0.6 is 0 Å². The van der Waals surface area contributed by atoms with Crippen LogP contribution in [0.25, 0.3) is 0 Å². The van der Waals surface area contributed by atoms with E-state index in [1.165, 1.54) is 12.1 Å². The third-order valence-electron chi connectivity index (χ3n) is 3.71. The van der Waals surface area contributed by atoms with Crippen molar-refractivity contribution in [1.29, 1.82) is 0 Å². The van der Waals surface area contributed by atoms with Crippen LogP contribution < -0.4 is 0 Å². The molecule has 1 aromatic carbocycles. The zero-order chi connectivity index (χ0) is 13.8. The fourth-order valence-corrected chi connectivity index (χ4v) is 2.62. The number of nitrogens with zero attached hydrogens (tertiary/aromatic N) is 2. The molecule has 1 unspecified atom stereocenters. The lowest BCUT2D eigenvalue weighted by atomic mass is 10.1. The molecule has 1 saturated heterocycles. The largest absolute Gasteiger partial charge is 0.335 e. The normalized spacial score (nSPS) is 21.2. The van der Waals surface area contributed by atoms with Crippen molar-refractivity contribution in [3.63, 3.8) is 0 Å². The first-order valence-electron chi connectivity index (χ1n) is 6.90. The number of likely N-dealkylation sites (N-methyl/N-ethyl adjacent to an activating group) is 1. The molecule has 1 aliphatic rings. The number of hydrogen-bond acceptors (Lipinski definition) is 2. The molecular formula is C15H21FN2O. The molecule has 3 nitrogen and oxygen atoms in total. The van der Waals surface area contributed by atoms with Crippen molar-refractivity contribution >= 4 is 5.91 Å². The predicted molar refractivity (Wildman–Crippen MR) is 73.6 cm³/mol. The Morgan fingerprint density at radius 3 is 2.89 bits per heavy atom. The van der Waals surface area contributed by atoms with Gasteiger partial charge in [0.05, 0.1) is 0 Å². The smallest absolute Gasteiger partial charge is 0.254 e. The monoisotopic (exact) mass is 264 g/mol. The van der Waals surface area contributed by atoms with Gasteiger partial charge in [0.25, 0.3) is 5.91 Å². The molecule has 0 spiro atoms. The predicted octanol–water partition coefficient (Wildman–Crippen LogP) is 2.38. The van der Waals surface area contributed by atoms with Crippen LogP contribution in [-0.2, 0) is 0 Å². The molecule has 1 fully saturated rings. The molecule has 1 aromatic rings. The average Bonchev–Trinajstić information content (AvgIpc) is 2.59. The quantitative estimate of drug-likeness (QED) is 0.819. The van der Waals surface area contributed by atoms with E-state index < -0.39 is 0 Å². The van der Waals surface area contributed by atoms with Crippen molar-refractivity contribution in [2.24, 2.45) is 0 Å². The van der Waals surface area contributed by atoms with Crippen molar-refractivity contribution in [1.82, 2.24) is 9.80 Å². The van der Waals surface area contributed by atoms with Gasteiger partial charge < -0.3 is 9.80 Å². The van der Waals surface area contributed by atoms with Crippen molar-refractivity contribution in [3.05, 3.63) is 35.6 Å². The lowest BCUT2D eigenvalue weighted by Gasteiger charge is -2.28. The van der Waals surface area contributed by atoms with Gasteiger partial charge in [-0.15, -0.1) is 0 Å². The standard InChI is InChI=1S/C15H21FN2O/c1-3-17-8-5-9-18(12(2)11-17)15(19)13-6-4-7-14(16)10-13/h4,6-7,10,12H,3,5,8-9,11H2,1-2H3. The third kappa shape index (κ3) is 3.32. The van der Waals surface area contributed by atoms with Crippen molar-refractivity contribution in [2.75, 3.05) is 26.2 Å². The molecule has 0 bridgehead atoms. The Balaban J connectivity index is 2.14. The Labute approximate surface area is 114 Å². The highest BCUT2D eigenvalue weighted by Gasteiger charge is 2.25. The second-order valence-corrected chi connectivity index (χ2v) is 5.10. The molecule has 19 heavy (non-hydrogen) atoms. The van der Waals surface area contributed by atoms with E-state index in [9.17, 15) is 9.18 Å². The van der Waals surface area contributed by atoms with E-state index in [1.54, 1.807) is 12.1 Å². The number of amides is 1. The van der Waals surface area contributed by atoms with Crippen LogP contribution in [0.15, 0.2) is 24.3 Å². The lowest BCUT2D eigenvalue weighted by molar-refractivity contribution is 0.0693. The van der Waals surface area contributed by atoms with Crippen molar-refractivity contribution in [3.8, 4) is 0 Å². The number of hydrogen-bond donors (Lipinski definition) is 0. The van der Waals surface area contributed by atoms with Crippen LogP contribution in [-0.4, -0.2) is 47.9 Å². The number of benzene rings is 1. The van der Waals surface area contributed by atoms with E-state index in [0.717, 1.165) is 32.6 Å². The van der Waals surface area contributed by atoms with Crippen LogP contribution in [0.5, 0.6) is 0 Å². The fourth-order valence-electron chi connectivity index (χ4n) is 2.62. The van der Waals surface area contributed by atoms with E-state index >= 15 is 0 Å². The highest BCUT2D eigenvalue weighted by atomic mass is 19.1. The van der Waals surface area contributed by atoms with Crippen LogP contribution in [0.1, 0.15) is 30.6 Å². The average molecular weight is 264 g/mol. The van der Waals surface area contributed by atoms with E-state index in [-0.39, 0.29) is 17.8 Å². The highest BCUT2D eigenvalue weighted by molar-refractivity contribution is 5.94. The highest BCUT2D eigenvalue weighted by Crippen LogP contribution is 2.14. The zero-order valence-electron chi connectivity index (χ0n) is 11.6. The third-order valence-corrected chi connectivity index (χ3v) is 3.71. The maximum absolute atomic E-state index is 13.2. The first-order valence-corrected chi connectivity index (χ1v) is 6.90. The molecule has 1 heterocycles. The second-order valence-electron chi connectivity index (χ2n) is 5.10. The molecule has 4 heteroatoms. The molecular weight excluding hydrogens is 243 g/mol. The Morgan fingerprint density at radius 1 is 1.42 bits per heavy atom. The molecule has 104 valence electrons. The summed E-state index contributed by atoms with van der Waals surface area (Å²) in [4.78, 5) is 16.7.